The van der Waals surface area contributed by atoms with Crippen molar-refractivity contribution in [2.75, 3.05) is 13.2 Å². The van der Waals surface area contributed by atoms with Crippen molar-refractivity contribution in [2.45, 2.75) is 83.6 Å². The van der Waals surface area contributed by atoms with Crippen LogP contribution in [-0.2, 0) is 42.9 Å². The summed E-state index contributed by atoms with van der Waals surface area (Å²) in [6.45, 7) is 4.83. The third-order valence-electron chi connectivity index (χ3n) is 6.69. The summed E-state index contributed by atoms with van der Waals surface area (Å²) >= 11 is 5.77. The number of esters is 4. The molecule has 3 rings (SSSR count). The zero-order chi connectivity index (χ0) is 32.9. The molecule has 1 saturated heterocycles. The first kappa shape index (κ1) is 34.8. The van der Waals surface area contributed by atoms with Crippen LogP contribution in [0.5, 0.6) is 0 Å². The van der Waals surface area contributed by atoms with E-state index in [2.05, 4.69) is 0 Å². The van der Waals surface area contributed by atoms with Crippen molar-refractivity contribution in [1.29, 1.82) is 0 Å². The molecule has 1 fully saturated rings. The van der Waals surface area contributed by atoms with Crippen LogP contribution in [0, 0.1) is 11.7 Å². The Bertz CT molecular complexity index is 1410. The number of carbonyl (C=O) groups is 4. The maximum atomic E-state index is 12.4. The SMILES string of the molecule is CC(=O)OC[C@H]1O[C@@H](n2c([C@@H](O)[C@H](O)[C@H](O)CO)cn(-c3ccc(C)cc3)c2=S)[C@H](OC(C)=O)[C@@H](OC(C)=O)[C@@H]1OC(C)=O. The molecule has 0 unspecified atom stereocenters. The van der Waals surface area contributed by atoms with Gasteiger partial charge in [0.15, 0.2) is 29.3 Å². The third-order valence-corrected chi connectivity index (χ3v) is 7.09. The number of aryl methyl sites for hydroxylation is 1. The van der Waals surface area contributed by atoms with Crippen LogP contribution in [0.2, 0.25) is 0 Å². The first-order chi connectivity index (χ1) is 20.7. The number of hydrogen-bond acceptors (Lipinski definition) is 14. The molecule has 0 bridgehead atoms. The summed E-state index contributed by atoms with van der Waals surface area (Å²) < 4.78 is 30.4. The van der Waals surface area contributed by atoms with Crippen LogP contribution in [0.4, 0.5) is 0 Å². The molecule has 8 atom stereocenters. The van der Waals surface area contributed by atoms with Gasteiger partial charge < -0.3 is 44.1 Å². The van der Waals surface area contributed by atoms with Gasteiger partial charge in [-0.15, -0.1) is 0 Å². The van der Waals surface area contributed by atoms with E-state index in [1.54, 1.807) is 24.3 Å². The number of aliphatic hydroxyl groups excluding tert-OH is 4. The van der Waals surface area contributed by atoms with Gasteiger partial charge in [0.1, 0.15) is 31.0 Å². The van der Waals surface area contributed by atoms with Gasteiger partial charge in [-0.3, -0.25) is 28.3 Å². The van der Waals surface area contributed by atoms with Gasteiger partial charge in [-0.1, -0.05) is 17.7 Å². The monoisotopic (exact) mass is 640 g/mol. The smallest absolute Gasteiger partial charge is 0.303 e. The zero-order valence-corrected chi connectivity index (χ0v) is 25.5. The lowest BCUT2D eigenvalue weighted by Crippen LogP contribution is -2.60. The largest absolute Gasteiger partial charge is 0.463 e. The molecule has 0 spiro atoms. The lowest BCUT2D eigenvalue weighted by Gasteiger charge is -2.45. The lowest BCUT2D eigenvalue weighted by atomic mass is 9.96. The minimum absolute atomic E-state index is 0.0745. The van der Waals surface area contributed by atoms with Crippen molar-refractivity contribution in [3.63, 3.8) is 0 Å². The fourth-order valence-electron chi connectivity index (χ4n) is 4.75. The third kappa shape index (κ3) is 8.08. The van der Waals surface area contributed by atoms with E-state index in [1.807, 2.05) is 6.92 Å². The molecule has 2 aromatic rings. The number of rotatable bonds is 11. The molecule has 242 valence electrons. The highest BCUT2D eigenvalue weighted by Crippen LogP contribution is 2.38. The molecule has 4 N–H and O–H groups in total. The number of benzene rings is 1. The molecule has 0 aliphatic carbocycles. The topological polar surface area (TPSA) is 205 Å². The average Bonchev–Trinajstić information content (AvgIpc) is 3.29. The summed E-state index contributed by atoms with van der Waals surface area (Å²) in [5, 5.41) is 41.4. The van der Waals surface area contributed by atoms with Crippen molar-refractivity contribution >= 4 is 36.1 Å². The van der Waals surface area contributed by atoms with E-state index in [4.69, 9.17) is 35.9 Å². The molecule has 0 amide bonds. The van der Waals surface area contributed by atoms with Crippen LogP contribution in [0.15, 0.2) is 30.5 Å². The molecule has 2 heterocycles. The molecule has 16 heteroatoms. The molecular weight excluding hydrogens is 604 g/mol. The number of carbonyl (C=O) groups excluding carboxylic acids is 4. The summed E-state index contributed by atoms with van der Waals surface area (Å²) in [5.41, 5.74) is 1.27. The second kappa shape index (κ2) is 14.9. The Balaban J connectivity index is 2.32. The minimum atomic E-state index is -1.93. The summed E-state index contributed by atoms with van der Waals surface area (Å²) in [5.74, 6) is -3.23. The first-order valence-corrected chi connectivity index (χ1v) is 13.9. The molecule has 15 nitrogen and oxygen atoms in total. The van der Waals surface area contributed by atoms with E-state index in [9.17, 15) is 39.6 Å². The number of nitrogens with zero attached hydrogens (tertiary/aromatic N) is 2. The van der Waals surface area contributed by atoms with Crippen molar-refractivity contribution in [3.05, 3.63) is 46.5 Å². The van der Waals surface area contributed by atoms with E-state index < -0.39 is 86.0 Å². The van der Waals surface area contributed by atoms with Gasteiger partial charge in [0.05, 0.1) is 12.3 Å². The fourth-order valence-corrected chi connectivity index (χ4v) is 5.12. The van der Waals surface area contributed by atoms with Crippen molar-refractivity contribution < 1.29 is 63.3 Å². The van der Waals surface area contributed by atoms with E-state index >= 15 is 0 Å². The average molecular weight is 641 g/mol. The number of aromatic nitrogens is 2. The summed E-state index contributed by atoms with van der Waals surface area (Å²) in [6, 6.07) is 7.03. The Kier molecular flexibility index (Phi) is 11.8. The minimum Gasteiger partial charge on any atom is -0.463 e. The van der Waals surface area contributed by atoms with Gasteiger partial charge in [0.25, 0.3) is 0 Å². The van der Waals surface area contributed by atoms with Crippen LogP contribution in [0.1, 0.15) is 51.3 Å². The summed E-state index contributed by atoms with van der Waals surface area (Å²) in [4.78, 5) is 48.4. The van der Waals surface area contributed by atoms with Crippen LogP contribution in [-0.4, -0.2) is 103 Å². The van der Waals surface area contributed by atoms with Crippen molar-refractivity contribution in [2.24, 2.45) is 0 Å². The maximum absolute atomic E-state index is 12.4. The predicted octanol–water partition coefficient (Wildman–Crippen LogP) is 0.320. The molecular formula is C28H36N2O13S. The number of hydrogen-bond donors (Lipinski definition) is 4. The Labute approximate surface area is 257 Å². The van der Waals surface area contributed by atoms with E-state index in [1.165, 1.54) is 15.3 Å². The first-order valence-electron chi connectivity index (χ1n) is 13.5. The van der Waals surface area contributed by atoms with Gasteiger partial charge in [-0.05, 0) is 31.3 Å². The van der Waals surface area contributed by atoms with Crippen LogP contribution >= 0.6 is 12.2 Å². The number of aliphatic hydroxyl groups is 4. The summed E-state index contributed by atoms with van der Waals surface area (Å²) in [6.07, 6.45) is -11.7. The van der Waals surface area contributed by atoms with Gasteiger partial charge >= 0.3 is 23.9 Å². The van der Waals surface area contributed by atoms with Crippen LogP contribution in [0.3, 0.4) is 0 Å². The zero-order valence-electron chi connectivity index (χ0n) is 24.7. The van der Waals surface area contributed by atoms with Crippen LogP contribution < -0.4 is 0 Å². The number of ether oxygens (including phenoxy) is 5. The highest BCUT2D eigenvalue weighted by Gasteiger charge is 2.54. The van der Waals surface area contributed by atoms with E-state index in [-0.39, 0.29) is 10.5 Å². The Morgan fingerprint density at radius 1 is 0.886 bits per heavy atom. The molecule has 1 aliphatic heterocycles. The Hall–Kier alpha value is -3.67. The quantitative estimate of drug-likeness (QED) is 0.148. The molecule has 44 heavy (non-hydrogen) atoms. The molecule has 1 aromatic heterocycles. The van der Waals surface area contributed by atoms with Gasteiger partial charge in [0, 0.05) is 39.6 Å². The highest BCUT2D eigenvalue weighted by molar-refractivity contribution is 7.71. The Morgan fingerprint density at radius 2 is 1.43 bits per heavy atom. The normalized spacial score (nSPS) is 23.6. The molecule has 1 aliphatic rings. The van der Waals surface area contributed by atoms with E-state index in [0.717, 1.165) is 33.3 Å². The molecule has 1 aromatic carbocycles. The number of imidazole rings is 1. The lowest BCUT2D eigenvalue weighted by molar-refractivity contribution is -0.269. The second-order valence-electron chi connectivity index (χ2n) is 10.2. The fraction of sp³-hybridized carbons (Fsp3) is 0.536. The molecule has 0 saturated carbocycles. The van der Waals surface area contributed by atoms with Crippen molar-refractivity contribution in [1.82, 2.24) is 9.13 Å². The predicted molar refractivity (Wildman–Crippen MR) is 151 cm³/mol. The van der Waals surface area contributed by atoms with Gasteiger partial charge in [-0.25, -0.2) is 0 Å². The van der Waals surface area contributed by atoms with Gasteiger partial charge in [-0.2, -0.15) is 0 Å². The van der Waals surface area contributed by atoms with Crippen LogP contribution in [0.25, 0.3) is 5.69 Å². The summed E-state index contributed by atoms with van der Waals surface area (Å²) in [7, 11) is 0. The standard InChI is InChI=1S/C28H36N2O13S/c1-13-6-8-18(9-7-13)29-10-19(22(37)23(38)20(36)11-31)30(28(29)44)27-26(42-17(5)35)25(41-16(4)34)24(40-15(3)33)21(43-27)12-39-14(2)32/h6-10,20-27,31,36-38H,11-12H2,1-5H3/t20-,21-,22-,23-,24-,25+,26-,27-/m1/s1. The highest BCUT2D eigenvalue weighted by atomic mass is 32.1. The molecule has 0 radical (unpaired) electrons. The van der Waals surface area contributed by atoms with E-state index in [0.29, 0.717) is 5.69 Å². The second-order valence-corrected chi connectivity index (χ2v) is 10.6. The Morgan fingerprint density at radius 3 is 1.95 bits per heavy atom. The maximum Gasteiger partial charge on any atom is 0.303 e. The van der Waals surface area contributed by atoms with Gasteiger partial charge in [0.2, 0.25) is 0 Å². The van der Waals surface area contributed by atoms with Crippen molar-refractivity contribution in [3.8, 4) is 5.69 Å².